The van der Waals surface area contributed by atoms with Crippen LogP contribution in [0.25, 0.3) is 0 Å². The van der Waals surface area contributed by atoms with Crippen LogP contribution in [0.2, 0.25) is 5.02 Å². The van der Waals surface area contributed by atoms with E-state index in [1.807, 2.05) is 0 Å². The number of likely N-dealkylation sites (tertiary alicyclic amines) is 2. The Morgan fingerprint density at radius 2 is 1.81 bits per heavy atom. The molecule has 5 rings (SSSR count). The first-order valence-corrected chi connectivity index (χ1v) is 12.8. The van der Waals surface area contributed by atoms with Crippen LogP contribution < -0.4 is 4.74 Å². The summed E-state index contributed by atoms with van der Waals surface area (Å²) in [6, 6.07) is 7.27. The Bertz CT molecular complexity index is 1130. The summed E-state index contributed by atoms with van der Waals surface area (Å²) in [6.07, 6.45) is 1.48. The molecular weight excluding hydrogens is 496 g/mol. The third-order valence-corrected chi connectivity index (χ3v) is 7.68. The number of ether oxygens (including phenoxy) is 1. The SMILES string of the molecule is O=C(c1cc(C2CC2)c(OCC2(F)CCN(Cc3ccc(F)c(Cl)c3)CC2)cc1F)N1CCC(F)C1. The molecule has 1 unspecified atom stereocenters. The van der Waals surface area contributed by atoms with E-state index in [0.29, 0.717) is 25.2 Å². The van der Waals surface area contributed by atoms with Gasteiger partial charge in [0.2, 0.25) is 0 Å². The summed E-state index contributed by atoms with van der Waals surface area (Å²) in [4.78, 5) is 16.2. The van der Waals surface area contributed by atoms with Crippen molar-refractivity contribution in [1.82, 2.24) is 9.80 Å². The lowest BCUT2D eigenvalue weighted by molar-refractivity contribution is 0.0148. The zero-order chi connectivity index (χ0) is 25.4. The molecule has 36 heavy (non-hydrogen) atoms. The molecular formula is C27H29ClF4N2O2. The number of rotatable bonds is 7. The molecule has 3 aliphatic rings. The Morgan fingerprint density at radius 1 is 1.06 bits per heavy atom. The van der Waals surface area contributed by atoms with Gasteiger partial charge in [0.25, 0.3) is 5.91 Å². The van der Waals surface area contributed by atoms with Crippen molar-refractivity contribution >= 4 is 17.5 Å². The molecule has 1 amide bonds. The van der Waals surface area contributed by atoms with Crippen molar-refractivity contribution in [3.8, 4) is 5.75 Å². The zero-order valence-corrected chi connectivity index (χ0v) is 20.7. The summed E-state index contributed by atoms with van der Waals surface area (Å²) in [7, 11) is 0. The Morgan fingerprint density at radius 3 is 2.44 bits per heavy atom. The van der Waals surface area contributed by atoms with Crippen LogP contribution >= 0.6 is 11.6 Å². The minimum atomic E-state index is -1.56. The molecule has 194 valence electrons. The molecule has 2 heterocycles. The van der Waals surface area contributed by atoms with Gasteiger partial charge in [-0.15, -0.1) is 0 Å². The number of alkyl halides is 2. The van der Waals surface area contributed by atoms with Gasteiger partial charge in [-0.2, -0.15) is 0 Å². The summed E-state index contributed by atoms with van der Waals surface area (Å²) in [6.45, 7) is 1.58. The largest absolute Gasteiger partial charge is 0.490 e. The Balaban J connectivity index is 1.21. The van der Waals surface area contributed by atoms with Crippen LogP contribution in [0.5, 0.6) is 5.75 Å². The first-order chi connectivity index (χ1) is 17.2. The van der Waals surface area contributed by atoms with Crippen LogP contribution in [0.3, 0.4) is 0 Å². The average Bonchev–Trinajstić information content (AvgIpc) is 3.61. The van der Waals surface area contributed by atoms with E-state index in [1.54, 1.807) is 12.1 Å². The Labute approximate surface area is 213 Å². The summed E-state index contributed by atoms with van der Waals surface area (Å²) >= 11 is 5.86. The average molecular weight is 525 g/mol. The fourth-order valence-corrected chi connectivity index (χ4v) is 5.21. The Hall–Kier alpha value is -2.32. The summed E-state index contributed by atoms with van der Waals surface area (Å²) in [5.41, 5.74) is -0.0688. The van der Waals surface area contributed by atoms with E-state index in [-0.39, 0.29) is 61.2 Å². The molecule has 1 saturated carbocycles. The van der Waals surface area contributed by atoms with Gasteiger partial charge in [-0.25, -0.2) is 17.6 Å². The number of benzene rings is 2. The summed E-state index contributed by atoms with van der Waals surface area (Å²) in [5, 5.41) is 0.0659. The van der Waals surface area contributed by atoms with Gasteiger partial charge in [0.15, 0.2) is 0 Å². The molecule has 0 N–H and O–H groups in total. The van der Waals surface area contributed by atoms with Gasteiger partial charge in [-0.05, 0) is 67.3 Å². The first kappa shape index (κ1) is 25.3. The normalized spacial score (nSPS) is 22.1. The van der Waals surface area contributed by atoms with Crippen molar-refractivity contribution < 1.29 is 27.1 Å². The Kier molecular flexibility index (Phi) is 7.18. The molecule has 2 aromatic carbocycles. The molecule has 2 aliphatic heterocycles. The van der Waals surface area contributed by atoms with Crippen LogP contribution in [0, 0.1) is 11.6 Å². The highest BCUT2D eigenvalue weighted by atomic mass is 35.5. The first-order valence-electron chi connectivity index (χ1n) is 12.5. The molecule has 0 bridgehead atoms. The number of hydrogen-bond donors (Lipinski definition) is 0. The van der Waals surface area contributed by atoms with Crippen molar-refractivity contribution in [2.75, 3.05) is 32.8 Å². The minimum Gasteiger partial charge on any atom is -0.490 e. The van der Waals surface area contributed by atoms with E-state index < -0.39 is 29.4 Å². The number of nitrogens with zero attached hydrogens (tertiary/aromatic N) is 2. The van der Waals surface area contributed by atoms with Crippen LogP contribution in [0.4, 0.5) is 17.6 Å². The minimum absolute atomic E-state index is 0.0229. The lowest BCUT2D eigenvalue weighted by atomic mass is 9.93. The molecule has 0 spiro atoms. The van der Waals surface area contributed by atoms with Crippen molar-refractivity contribution in [2.45, 2.75) is 56.4 Å². The van der Waals surface area contributed by atoms with Gasteiger partial charge in [0.1, 0.15) is 35.8 Å². The molecule has 1 aliphatic carbocycles. The second-order valence-electron chi connectivity index (χ2n) is 10.2. The molecule has 0 aromatic heterocycles. The molecule has 0 radical (unpaired) electrons. The predicted molar refractivity (Wildman–Crippen MR) is 129 cm³/mol. The smallest absolute Gasteiger partial charge is 0.256 e. The summed E-state index contributed by atoms with van der Waals surface area (Å²) < 4.78 is 63.3. The number of amides is 1. The lowest BCUT2D eigenvalue weighted by Gasteiger charge is -2.36. The fraction of sp³-hybridized carbons (Fsp3) is 0.519. The number of halogens is 5. The molecule has 2 aromatic rings. The van der Waals surface area contributed by atoms with Gasteiger partial charge >= 0.3 is 0 Å². The molecule has 4 nitrogen and oxygen atoms in total. The van der Waals surface area contributed by atoms with E-state index in [1.165, 1.54) is 23.1 Å². The van der Waals surface area contributed by atoms with E-state index in [9.17, 15) is 18.0 Å². The standard InChI is InChI=1S/C27H29ClF4N2O2/c28-22-11-17(1-4-23(22)30)14-33-9-6-27(32,7-10-33)16-36-25-13-24(31)21(12-20(25)18-2-3-18)26(35)34-8-5-19(29)15-34/h1,4,11-13,18-19H,2-3,5-10,14-16H2. The van der Waals surface area contributed by atoms with E-state index in [0.717, 1.165) is 18.4 Å². The van der Waals surface area contributed by atoms with E-state index in [4.69, 9.17) is 16.3 Å². The lowest BCUT2D eigenvalue weighted by Crippen LogP contribution is -2.44. The van der Waals surface area contributed by atoms with Gasteiger partial charge in [-0.3, -0.25) is 9.69 Å². The monoisotopic (exact) mass is 524 g/mol. The van der Waals surface area contributed by atoms with E-state index in [2.05, 4.69) is 4.90 Å². The van der Waals surface area contributed by atoms with Gasteiger partial charge in [0.05, 0.1) is 17.1 Å². The highest BCUT2D eigenvalue weighted by Gasteiger charge is 2.37. The second-order valence-corrected chi connectivity index (χ2v) is 10.7. The van der Waals surface area contributed by atoms with Crippen LogP contribution in [-0.2, 0) is 6.54 Å². The van der Waals surface area contributed by atoms with Gasteiger partial charge in [-0.1, -0.05) is 17.7 Å². The molecule has 3 fully saturated rings. The maximum Gasteiger partial charge on any atom is 0.256 e. The summed E-state index contributed by atoms with van der Waals surface area (Å²) in [5.74, 6) is -1.29. The van der Waals surface area contributed by atoms with Crippen molar-refractivity contribution in [3.05, 3.63) is 63.7 Å². The fourth-order valence-electron chi connectivity index (χ4n) is 5.01. The van der Waals surface area contributed by atoms with Gasteiger partial charge in [0, 0.05) is 32.2 Å². The molecule has 1 atom stereocenters. The molecule has 9 heteroatoms. The van der Waals surface area contributed by atoms with Crippen LogP contribution in [0.1, 0.15) is 59.5 Å². The zero-order valence-electron chi connectivity index (χ0n) is 19.9. The van der Waals surface area contributed by atoms with Crippen LogP contribution in [0.15, 0.2) is 30.3 Å². The van der Waals surface area contributed by atoms with Crippen LogP contribution in [-0.4, -0.2) is 60.3 Å². The quantitative estimate of drug-likeness (QED) is 0.413. The number of carbonyl (C=O) groups is 1. The predicted octanol–water partition coefficient (Wildman–Crippen LogP) is 6.06. The number of piperidine rings is 1. The maximum atomic E-state index is 15.6. The van der Waals surface area contributed by atoms with Crippen molar-refractivity contribution in [2.24, 2.45) is 0 Å². The van der Waals surface area contributed by atoms with Crippen molar-refractivity contribution in [1.29, 1.82) is 0 Å². The topological polar surface area (TPSA) is 32.8 Å². The third-order valence-electron chi connectivity index (χ3n) is 7.39. The number of carbonyl (C=O) groups excluding carboxylic acids is 1. The third kappa shape index (κ3) is 5.65. The highest BCUT2D eigenvalue weighted by molar-refractivity contribution is 6.30. The molecule has 2 saturated heterocycles. The highest BCUT2D eigenvalue weighted by Crippen LogP contribution is 2.45. The van der Waals surface area contributed by atoms with Gasteiger partial charge < -0.3 is 9.64 Å². The second kappa shape index (κ2) is 10.2. The van der Waals surface area contributed by atoms with Crippen molar-refractivity contribution in [3.63, 3.8) is 0 Å². The maximum absolute atomic E-state index is 15.6. The van der Waals surface area contributed by atoms with E-state index >= 15 is 4.39 Å². The number of hydrogen-bond acceptors (Lipinski definition) is 3.